The molecule has 0 aliphatic rings. The molecular formula is C18H17F3N2OS. The molecule has 1 N–H and O–H groups in total. The van der Waals surface area contributed by atoms with E-state index < -0.39 is 11.7 Å². The molecule has 0 unspecified atom stereocenters. The zero-order valence-electron chi connectivity index (χ0n) is 13.5. The second-order valence-corrected chi connectivity index (χ2v) is 6.28. The maximum absolute atomic E-state index is 12.8. The van der Waals surface area contributed by atoms with Crippen molar-refractivity contribution in [1.82, 2.24) is 5.43 Å². The van der Waals surface area contributed by atoms with Gasteiger partial charge in [0, 0.05) is 11.3 Å². The molecule has 0 saturated carbocycles. The highest BCUT2D eigenvalue weighted by atomic mass is 32.2. The van der Waals surface area contributed by atoms with E-state index in [0.717, 1.165) is 23.4 Å². The molecule has 0 heterocycles. The molecule has 0 bridgehead atoms. The number of hydrazone groups is 1. The van der Waals surface area contributed by atoms with Gasteiger partial charge >= 0.3 is 6.18 Å². The predicted molar refractivity (Wildman–Crippen MR) is 94.5 cm³/mol. The summed E-state index contributed by atoms with van der Waals surface area (Å²) in [7, 11) is 0. The van der Waals surface area contributed by atoms with Gasteiger partial charge in [-0.25, -0.2) is 5.43 Å². The number of alkyl halides is 3. The molecule has 0 aliphatic carbocycles. The van der Waals surface area contributed by atoms with Crippen LogP contribution in [-0.2, 0) is 16.7 Å². The van der Waals surface area contributed by atoms with Gasteiger partial charge in [-0.15, -0.1) is 11.8 Å². The summed E-state index contributed by atoms with van der Waals surface area (Å²) in [4.78, 5) is 11.7. The lowest BCUT2D eigenvalue weighted by Crippen LogP contribution is -2.20. The summed E-state index contributed by atoms with van der Waals surface area (Å²) < 4.78 is 38.5. The van der Waals surface area contributed by atoms with Crippen LogP contribution in [0.5, 0.6) is 0 Å². The first-order valence-corrected chi connectivity index (χ1v) is 8.64. The fourth-order valence-electron chi connectivity index (χ4n) is 2.10. The van der Waals surface area contributed by atoms with Gasteiger partial charge in [-0.2, -0.15) is 18.3 Å². The van der Waals surface area contributed by atoms with E-state index in [1.54, 1.807) is 0 Å². The minimum Gasteiger partial charge on any atom is -0.272 e. The second kappa shape index (κ2) is 8.71. The Morgan fingerprint density at radius 2 is 1.84 bits per heavy atom. The molecule has 0 radical (unpaired) electrons. The quantitative estimate of drug-likeness (QED) is 0.608. The standard InChI is InChI=1S/C18H17F3N2OS/c1-13-6-2-3-8-15(13)11-25-12-17(24)23-22-10-14-7-4-5-9-16(14)18(19,20)21/h2-10H,11-12H2,1H3,(H,23,24)/b22-10-. The highest BCUT2D eigenvalue weighted by molar-refractivity contribution is 7.99. The van der Waals surface area contributed by atoms with Crippen molar-refractivity contribution < 1.29 is 18.0 Å². The second-order valence-electron chi connectivity index (χ2n) is 5.30. The maximum atomic E-state index is 12.8. The van der Waals surface area contributed by atoms with E-state index in [2.05, 4.69) is 10.5 Å². The van der Waals surface area contributed by atoms with Crippen molar-refractivity contribution in [3.05, 3.63) is 70.8 Å². The number of carbonyl (C=O) groups is 1. The topological polar surface area (TPSA) is 41.5 Å². The fraction of sp³-hybridized carbons (Fsp3) is 0.222. The third-order valence-electron chi connectivity index (χ3n) is 3.41. The molecule has 3 nitrogen and oxygen atoms in total. The van der Waals surface area contributed by atoms with Gasteiger partial charge in [-0.05, 0) is 24.1 Å². The number of hydrogen-bond donors (Lipinski definition) is 1. The summed E-state index contributed by atoms with van der Waals surface area (Å²) >= 11 is 1.42. The van der Waals surface area contributed by atoms with Crippen LogP contribution in [0, 0.1) is 6.92 Å². The van der Waals surface area contributed by atoms with Gasteiger partial charge in [0.15, 0.2) is 0 Å². The molecule has 1 amide bonds. The molecule has 0 aliphatic heterocycles. The van der Waals surface area contributed by atoms with Crippen molar-refractivity contribution >= 4 is 23.9 Å². The first-order chi connectivity index (χ1) is 11.9. The molecule has 2 aromatic carbocycles. The van der Waals surface area contributed by atoms with E-state index in [4.69, 9.17) is 0 Å². The van der Waals surface area contributed by atoms with Crippen LogP contribution in [0.15, 0.2) is 53.6 Å². The molecule has 25 heavy (non-hydrogen) atoms. The van der Waals surface area contributed by atoms with E-state index in [0.29, 0.717) is 5.75 Å². The molecule has 0 spiro atoms. The number of rotatable bonds is 6. The van der Waals surface area contributed by atoms with Gasteiger partial charge in [-0.1, -0.05) is 42.5 Å². The van der Waals surface area contributed by atoms with E-state index in [-0.39, 0.29) is 17.2 Å². The normalized spacial score (nSPS) is 11.7. The number of hydrogen-bond acceptors (Lipinski definition) is 3. The monoisotopic (exact) mass is 366 g/mol. The van der Waals surface area contributed by atoms with Crippen LogP contribution >= 0.6 is 11.8 Å². The molecule has 0 fully saturated rings. The Hall–Kier alpha value is -2.28. The molecule has 0 saturated heterocycles. The number of aryl methyl sites for hydroxylation is 1. The molecule has 7 heteroatoms. The van der Waals surface area contributed by atoms with Gasteiger partial charge in [-0.3, -0.25) is 4.79 Å². The number of nitrogens with one attached hydrogen (secondary N) is 1. The van der Waals surface area contributed by atoms with E-state index >= 15 is 0 Å². The lowest BCUT2D eigenvalue weighted by atomic mass is 10.1. The van der Waals surface area contributed by atoms with Gasteiger partial charge in [0.1, 0.15) is 0 Å². The molecular weight excluding hydrogens is 349 g/mol. The third kappa shape index (κ3) is 5.94. The van der Waals surface area contributed by atoms with Crippen LogP contribution in [0.25, 0.3) is 0 Å². The average Bonchev–Trinajstić information content (AvgIpc) is 2.56. The van der Waals surface area contributed by atoms with E-state index in [9.17, 15) is 18.0 Å². The van der Waals surface area contributed by atoms with Crippen LogP contribution in [0.4, 0.5) is 13.2 Å². The number of carbonyl (C=O) groups excluding carboxylic acids is 1. The molecule has 2 rings (SSSR count). The minimum absolute atomic E-state index is 0.0946. The summed E-state index contributed by atoms with van der Waals surface area (Å²) in [5, 5.41) is 3.62. The number of nitrogens with zero attached hydrogens (tertiary/aromatic N) is 1. The Morgan fingerprint density at radius 1 is 1.16 bits per heavy atom. The Morgan fingerprint density at radius 3 is 2.56 bits per heavy atom. The van der Waals surface area contributed by atoms with Crippen LogP contribution in [-0.4, -0.2) is 17.9 Å². The lowest BCUT2D eigenvalue weighted by Gasteiger charge is -2.09. The fourth-order valence-corrected chi connectivity index (χ4v) is 3.00. The van der Waals surface area contributed by atoms with E-state index in [1.165, 1.54) is 30.0 Å². The lowest BCUT2D eigenvalue weighted by molar-refractivity contribution is -0.137. The first kappa shape index (κ1) is 19.1. The van der Waals surface area contributed by atoms with Crippen LogP contribution in [0.3, 0.4) is 0 Å². The Kier molecular flexibility index (Phi) is 6.64. The van der Waals surface area contributed by atoms with Crippen LogP contribution in [0.2, 0.25) is 0 Å². The van der Waals surface area contributed by atoms with Crippen molar-refractivity contribution in [3.63, 3.8) is 0 Å². The average molecular weight is 366 g/mol. The summed E-state index contributed by atoms with van der Waals surface area (Å²) in [6.45, 7) is 2.00. The number of thioether (sulfide) groups is 1. The Bertz CT molecular complexity index is 760. The van der Waals surface area contributed by atoms with E-state index in [1.807, 2.05) is 31.2 Å². The molecule has 132 valence electrons. The summed E-state index contributed by atoms with van der Waals surface area (Å²) in [5.74, 6) is 0.493. The summed E-state index contributed by atoms with van der Waals surface area (Å²) in [5.41, 5.74) is 3.66. The number of benzene rings is 2. The highest BCUT2D eigenvalue weighted by Crippen LogP contribution is 2.31. The van der Waals surface area contributed by atoms with Gasteiger partial charge < -0.3 is 0 Å². The van der Waals surface area contributed by atoms with Gasteiger partial charge in [0.25, 0.3) is 0 Å². The van der Waals surface area contributed by atoms with Crippen molar-refractivity contribution in [3.8, 4) is 0 Å². The largest absolute Gasteiger partial charge is 0.417 e. The maximum Gasteiger partial charge on any atom is 0.417 e. The third-order valence-corrected chi connectivity index (χ3v) is 4.39. The number of halogens is 3. The molecule has 0 atom stereocenters. The van der Waals surface area contributed by atoms with Crippen molar-refractivity contribution in [2.45, 2.75) is 18.9 Å². The molecule has 0 aromatic heterocycles. The number of amides is 1. The van der Waals surface area contributed by atoms with Crippen molar-refractivity contribution in [1.29, 1.82) is 0 Å². The van der Waals surface area contributed by atoms with Crippen molar-refractivity contribution in [2.24, 2.45) is 5.10 Å². The molecule has 2 aromatic rings. The minimum atomic E-state index is -4.46. The zero-order valence-corrected chi connectivity index (χ0v) is 14.3. The zero-order chi connectivity index (χ0) is 18.3. The van der Waals surface area contributed by atoms with Crippen LogP contribution < -0.4 is 5.43 Å². The van der Waals surface area contributed by atoms with Crippen LogP contribution in [0.1, 0.15) is 22.3 Å². The Balaban J connectivity index is 1.84. The SMILES string of the molecule is Cc1ccccc1CSCC(=O)N/N=C\c1ccccc1C(F)(F)F. The first-order valence-electron chi connectivity index (χ1n) is 7.48. The van der Waals surface area contributed by atoms with Gasteiger partial charge in [0.05, 0.1) is 17.5 Å². The van der Waals surface area contributed by atoms with Crippen molar-refractivity contribution in [2.75, 3.05) is 5.75 Å². The van der Waals surface area contributed by atoms with Gasteiger partial charge in [0.2, 0.25) is 5.91 Å². The summed E-state index contributed by atoms with van der Waals surface area (Å²) in [6, 6.07) is 12.9. The Labute approximate surface area is 148 Å². The highest BCUT2D eigenvalue weighted by Gasteiger charge is 2.32. The smallest absolute Gasteiger partial charge is 0.272 e. The summed E-state index contributed by atoms with van der Waals surface area (Å²) in [6.07, 6.45) is -3.46. The predicted octanol–water partition coefficient (Wildman–Crippen LogP) is 4.40.